The summed E-state index contributed by atoms with van der Waals surface area (Å²) in [6, 6.07) is 16.7. The molecule has 0 atom stereocenters. The molecule has 6 heteroatoms. The van der Waals surface area contributed by atoms with E-state index in [0.29, 0.717) is 5.56 Å². The summed E-state index contributed by atoms with van der Waals surface area (Å²) in [4.78, 5) is 24.4. The Labute approximate surface area is 167 Å². The Hall–Kier alpha value is -3.54. The van der Waals surface area contributed by atoms with Crippen molar-refractivity contribution in [2.24, 2.45) is 0 Å². The molecule has 148 valence electrons. The Morgan fingerprint density at radius 3 is 2.14 bits per heavy atom. The second kappa shape index (κ2) is 9.10. The average Bonchev–Trinajstić information content (AvgIpc) is 2.66. The van der Waals surface area contributed by atoms with Crippen LogP contribution in [0.25, 0.3) is 0 Å². The zero-order valence-electron chi connectivity index (χ0n) is 15.8. The SMILES string of the molecule is Cc1cccc(CC(=O)Cc2ccc(F)c(NC(=O)Nc3ccccc3F)c2)c1. The van der Waals surface area contributed by atoms with E-state index in [2.05, 4.69) is 10.6 Å². The van der Waals surface area contributed by atoms with Gasteiger partial charge in [-0.15, -0.1) is 0 Å². The van der Waals surface area contributed by atoms with Gasteiger partial charge in [-0.05, 0) is 42.3 Å². The molecule has 2 N–H and O–H groups in total. The summed E-state index contributed by atoms with van der Waals surface area (Å²) in [7, 11) is 0. The molecule has 4 nitrogen and oxygen atoms in total. The van der Waals surface area contributed by atoms with E-state index in [0.717, 1.165) is 11.1 Å². The van der Waals surface area contributed by atoms with Gasteiger partial charge in [0.25, 0.3) is 0 Å². The van der Waals surface area contributed by atoms with E-state index in [4.69, 9.17) is 0 Å². The second-order valence-electron chi connectivity index (χ2n) is 6.75. The quantitative estimate of drug-likeness (QED) is 0.598. The first-order chi connectivity index (χ1) is 13.9. The second-order valence-corrected chi connectivity index (χ2v) is 6.75. The lowest BCUT2D eigenvalue weighted by atomic mass is 10.0. The molecule has 0 aliphatic carbocycles. The predicted octanol–water partition coefficient (Wildman–Crippen LogP) is 5.27. The molecule has 0 saturated carbocycles. The van der Waals surface area contributed by atoms with Crippen molar-refractivity contribution in [3.05, 3.63) is 95.1 Å². The molecular weight excluding hydrogens is 374 g/mol. The number of hydrogen-bond acceptors (Lipinski definition) is 2. The average molecular weight is 394 g/mol. The van der Waals surface area contributed by atoms with Gasteiger partial charge < -0.3 is 10.6 Å². The molecule has 0 radical (unpaired) electrons. The normalized spacial score (nSPS) is 10.4. The molecule has 0 aliphatic heterocycles. The first-order valence-electron chi connectivity index (χ1n) is 9.09. The fourth-order valence-electron chi connectivity index (χ4n) is 2.96. The van der Waals surface area contributed by atoms with Gasteiger partial charge in [0.05, 0.1) is 11.4 Å². The number of para-hydroxylation sites is 1. The zero-order chi connectivity index (χ0) is 20.8. The van der Waals surface area contributed by atoms with Gasteiger partial charge in [-0.1, -0.05) is 48.0 Å². The van der Waals surface area contributed by atoms with Crippen LogP contribution in [0.3, 0.4) is 0 Å². The standard InChI is InChI=1S/C23H20F2N2O2/c1-15-5-4-6-16(11-15)12-18(28)13-17-9-10-20(25)22(14-17)27-23(29)26-21-8-3-2-7-19(21)24/h2-11,14H,12-13H2,1H3,(H2,26,27,29). The molecule has 3 aromatic carbocycles. The van der Waals surface area contributed by atoms with E-state index < -0.39 is 17.7 Å². The Morgan fingerprint density at radius 2 is 1.41 bits per heavy atom. The number of hydrogen-bond donors (Lipinski definition) is 2. The van der Waals surface area contributed by atoms with E-state index >= 15 is 0 Å². The number of carbonyl (C=O) groups excluding carboxylic acids is 2. The smallest absolute Gasteiger partial charge is 0.305 e. The topological polar surface area (TPSA) is 58.2 Å². The highest BCUT2D eigenvalue weighted by Gasteiger charge is 2.12. The lowest BCUT2D eigenvalue weighted by molar-refractivity contribution is -0.117. The first kappa shape index (κ1) is 20.2. The molecule has 2 amide bonds. The van der Waals surface area contributed by atoms with Gasteiger partial charge in [-0.2, -0.15) is 0 Å². The number of halogens is 2. The van der Waals surface area contributed by atoms with E-state index in [1.54, 1.807) is 6.07 Å². The highest BCUT2D eigenvalue weighted by Crippen LogP contribution is 2.19. The molecule has 0 aromatic heterocycles. The van der Waals surface area contributed by atoms with Crippen LogP contribution in [-0.2, 0) is 17.6 Å². The van der Waals surface area contributed by atoms with Crippen molar-refractivity contribution in [3.8, 4) is 0 Å². The summed E-state index contributed by atoms with van der Waals surface area (Å²) in [6.45, 7) is 1.96. The van der Waals surface area contributed by atoms with E-state index in [9.17, 15) is 18.4 Å². The van der Waals surface area contributed by atoms with Gasteiger partial charge in [-0.3, -0.25) is 4.79 Å². The molecule has 0 saturated heterocycles. The number of nitrogens with one attached hydrogen (secondary N) is 2. The number of rotatable bonds is 6. The van der Waals surface area contributed by atoms with Gasteiger partial charge in [-0.25, -0.2) is 13.6 Å². The lowest BCUT2D eigenvalue weighted by Gasteiger charge is -2.10. The maximum Gasteiger partial charge on any atom is 0.323 e. The minimum atomic E-state index is -0.780. The summed E-state index contributed by atoms with van der Waals surface area (Å²) in [5.74, 6) is -1.27. The minimum Gasteiger partial charge on any atom is -0.305 e. The van der Waals surface area contributed by atoms with Crippen LogP contribution in [0, 0.1) is 18.6 Å². The highest BCUT2D eigenvalue weighted by atomic mass is 19.1. The molecule has 0 aliphatic rings. The number of aryl methyl sites for hydroxylation is 1. The van der Waals surface area contributed by atoms with Crippen molar-refractivity contribution in [2.75, 3.05) is 10.6 Å². The largest absolute Gasteiger partial charge is 0.323 e. The Bertz CT molecular complexity index is 1050. The van der Waals surface area contributed by atoms with Crippen molar-refractivity contribution in [3.63, 3.8) is 0 Å². The van der Waals surface area contributed by atoms with Crippen LogP contribution in [0.15, 0.2) is 66.7 Å². The fourth-order valence-corrected chi connectivity index (χ4v) is 2.96. The third kappa shape index (κ3) is 5.72. The molecule has 0 unspecified atom stereocenters. The van der Waals surface area contributed by atoms with Crippen molar-refractivity contribution in [1.82, 2.24) is 0 Å². The van der Waals surface area contributed by atoms with Crippen molar-refractivity contribution < 1.29 is 18.4 Å². The fraction of sp³-hybridized carbons (Fsp3) is 0.130. The Kier molecular flexibility index (Phi) is 6.34. The van der Waals surface area contributed by atoms with Crippen LogP contribution >= 0.6 is 0 Å². The number of ketones is 1. The predicted molar refractivity (Wildman–Crippen MR) is 109 cm³/mol. The van der Waals surface area contributed by atoms with Gasteiger partial charge in [0.2, 0.25) is 0 Å². The van der Waals surface area contributed by atoms with E-state index in [1.807, 2.05) is 31.2 Å². The van der Waals surface area contributed by atoms with Crippen LogP contribution in [-0.4, -0.2) is 11.8 Å². The molecule has 0 heterocycles. The minimum absolute atomic E-state index is 0.0186. The summed E-state index contributed by atoms with van der Waals surface area (Å²) < 4.78 is 27.7. The lowest BCUT2D eigenvalue weighted by Crippen LogP contribution is -2.21. The van der Waals surface area contributed by atoms with Gasteiger partial charge in [0.1, 0.15) is 17.4 Å². The molecule has 0 bridgehead atoms. The van der Waals surface area contributed by atoms with E-state index in [-0.39, 0.29) is 30.0 Å². The van der Waals surface area contributed by atoms with Crippen molar-refractivity contribution in [2.45, 2.75) is 19.8 Å². The summed E-state index contributed by atoms with van der Waals surface area (Å²) in [5, 5.41) is 4.68. The summed E-state index contributed by atoms with van der Waals surface area (Å²) in [6.07, 6.45) is 0.382. The third-order valence-electron chi connectivity index (χ3n) is 4.29. The molecule has 0 spiro atoms. The first-order valence-corrected chi connectivity index (χ1v) is 9.09. The number of Topliss-reactive ketones (excluding diaryl/α,β-unsaturated/α-hetero) is 1. The summed E-state index contributed by atoms with van der Waals surface area (Å²) in [5.41, 5.74) is 2.46. The third-order valence-corrected chi connectivity index (χ3v) is 4.29. The maximum absolute atomic E-state index is 14.1. The maximum atomic E-state index is 14.1. The number of anilines is 2. The van der Waals surface area contributed by atoms with Gasteiger partial charge in [0, 0.05) is 12.8 Å². The van der Waals surface area contributed by atoms with Gasteiger partial charge in [0.15, 0.2) is 0 Å². The Morgan fingerprint density at radius 1 is 0.759 bits per heavy atom. The molecule has 3 aromatic rings. The van der Waals surface area contributed by atoms with Gasteiger partial charge >= 0.3 is 6.03 Å². The van der Waals surface area contributed by atoms with Crippen LogP contribution in [0.2, 0.25) is 0 Å². The van der Waals surface area contributed by atoms with Crippen LogP contribution in [0.5, 0.6) is 0 Å². The van der Waals surface area contributed by atoms with Crippen LogP contribution in [0.4, 0.5) is 25.0 Å². The van der Waals surface area contributed by atoms with Crippen LogP contribution < -0.4 is 10.6 Å². The number of urea groups is 1. The number of carbonyl (C=O) groups is 2. The Balaban J connectivity index is 1.65. The van der Waals surface area contributed by atoms with Crippen LogP contribution in [0.1, 0.15) is 16.7 Å². The van der Waals surface area contributed by atoms with E-state index in [1.165, 1.54) is 36.4 Å². The number of amides is 2. The zero-order valence-corrected chi connectivity index (χ0v) is 15.8. The van der Waals surface area contributed by atoms with Crippen molar-refractivity contribution >= 4 is 23.2 Å². The number of benzene rings is 3. The van der Waals surface area contributed by atoms with Crippen molar-refractivity contribution in [1.29, 1.82) is 0 Å². The molecular formula is C23H20F2N2O2. The highest BCUT2D eigenvalue weighted by molar-refractivity contribution is 6.00. The molecule has 3 rings (SSSR count). The monoisotopic (exact) mass is 394 g/mol. The molecule has 29 heavy (non-hydrogen) atoms. The molecule has 0 fully saturated rings. The summed E-state index contributed by atoms with van der Waals surface area (Å²) >= 11 is 0.